The van der Waals surface area contributed by atoms with E-state index in [-0.39, 0.29) is 6.04 Å². The Kier molecular flexibility index (Phi) is 4.10. The van der Waals surface area contributed by atoms with Crippen LogP contribution in [0, 0.1) is 6.92 Å². The summed E-state index contributed by atoms with van der Waals surface area (Å²) in [5.74, 6) is 0. The van der Waals surface area contributed by atoms with Crippen molar-refractivity contribution in [3.63, 3.8) is 0 Å². The van der Waals surface area contributed by atoms with E-state index in [1.165, 1.54) is 0 Å². The Bertz CT molecular complexity index is 504. The first-order valence-corrected chi connectivity index (χ1v) is 6.37. The molecule has 0 saturated carbocycles. The minimum absolute atomic E-state index is 0.109. The number of aryl methyl sites for hydroxylation is 2. The van der Waals surface area contributed by atoms with Gasteiger partial charge in [-0.15, -0.1) is 0 Å². The number of aromatic nitrogens is 3. The second kappa shape index (κ2) is 5.78. The lowest BCUT2D eigenvalue weighted by molar-refractivity contribution is 0.543. The third kappa shape index (κ3) is 2.76. The summed E-state index contributed by atoms with van der Waals surface area (Å²) in [4.78, 5) is 4.62. The quantitative estimate of drug-likeness (QED) is 0.877. The number of pyridine rings is 1. The molecule has 0 bridgehead atoms. The fourth-order valence-corrected chi connectivity index (χ4v) is 2.04. The van der Waals surface area contributed by atoms with Crippen LogP contribution in [0.4, 0.5) is 0 Å². The molecule has 1 atom stereocenters. The molecule has 0 amide bonds. The Hall–Kier alpha value is -1.68. The summed E-state index contributed by atoms with van der Waals surface area (Å²) in [6.07, 6.45) is 2.92. The number of nitrogens with zero attached hydrogens (tertiary/aromatic N) is 3. The standard InChI is InChI=1S/C14H20N4/c1-4-9-15-14(13-8-10-16-18(13)3)12-7-5-6-11(2)17-12/h5-8,10,14-15H,4,9H2,1-3H3. The van der Waals surface area contributed by atoms with E-state index in [9.17, 15) is 0 Å². The largest absolute Gasteiger partial charge is 0.304 e. The lowest BCUT2D eigenvalue weighted by Gasteiger charge is -2.18. The second-order valence-corrected chi connectivity index (χ2v) is 4.47. The van der Waals surface area contributed by atoms with Crippen molar-refractivity contribution in [3.05, 3.63) is 47.5 Å². The van der Waals surface area contributed by atoms with E-state index in [0.717, 1.165) is 30.0 Å². The van der Waals surface area contributed by atoms with Gasteiger partial charge in [0.25, 0.3) is 0 Å². The van der Waals surface area contributed by atoms with Gasteiger partial charge in [0.15, 0.2) is 0 Å². The van der Waals surface area contributed by atoms with Crippen LogP contribution in [0.15, 0.2) is 30.5 Å². The summed E-state index contributed by atoms with van der Waals surface area (Å²) in [7, 11) is 1.96. The Morgan fingerprint density at radius 1 is 1.33 bits per heavy atom. The van der Waals surface area contributed by atoms with Crippen LogP contribution >= 0.6 is 0 Å². The molecule has 0 aliphatic rings. The number of hydrogen-bond donors (Lipinski definition) is 1. The van der Waals surface area contributed by atoms with Gasteiger partial charge in [0.2, 0.25) is 0 Å². The first kappa shape index (κ1) is 12.8. The monoisotopic (exact) mass is 244 g/mol. The van der Waals surface area contributed by atoms with Crippen molar-refractivity contribution in [2.45, 2.75) is 26.3 Å². The van der Waals surface area contributed by atoms with Crippen LogP contribution in [-0.4, -0.2) is 21.3 Å². The SMILES string of the molecule is CCCNC(c1cccc(C)n1)c1ccnn1C. The molecule has 0 radical (unpaired) electrons. The van der Waals surface area contributed by atoms with Crippen molar-refractivity contribution >= 4 is 0 Å². The number of hydrogen-bond acceptors (Lipinski definition) is 3. The van der Waals surface area contributed by atoms with Gasteiger partial charge in [-0.3, -0.25) is 9.67 Å². The molecular formula is C14H20N4. The van der Waals surface area contributed by atoms with E-state index in [0.29, 0.717) is 0 Å². The number of nitrogens with one attached hydrogen (secondary N) is 1. The summed E-state index contributed by atoms with van der Waals surface area (Å²) >= 11 is 0. The Labute approximate surface area is 108 Å². The average Bonchev–Trinajstić information content (AvgIpc) is 2.77. The molecule has 2 rings (SSSR count). The Morgan fingerprint density at radius 3 is 2.78 bits per heavy atom. The minimum atomic E-state index is 0.109. The van der Waals surface area contributed by atoms with Gasteiger partial charge < -0.3 is 5.32 Å². The van der Waals surface area contributed by atoms with Gasteiger partial charge in [0, 0.05) is 18.9 Å². The van der Waals surface area contributed by atoms with Crippen molar-refractivity contribution in [1.82, 2.24) is 20.1 Å². The van der Waals surface area contributed by atoms with Crippen LogP contribution in [0.1, 0.15) is 36.5 Å². The molecule has 0 spiro atoms. The molecule has 1 unspecified atom stereocenters. The lowest BCUT2D eigenvalue weighted by Crippen LogP contribution is -2.26. The third-order valence-corrected chi connectivity index (χ3v) is 2.96. The van der Waals surface area contributed by atoms with Crippen LogP contribution in [0.2, 0.25) is 0 Å². The first-order chi connectivity index (χ1) is 8.72. The van der Waals surface area contributed by atoms with E-state index < -0.39 is 0 Å². The van der Waals surface area contributed by atoms with Crippen LogP contribution in [0.25, 0.3) is 0 Å². The van der Waals surface area contributed by atoms with Gasteiger partial charge in [0.1, 0.15) is 0 Å². The highest BCUT2D eigenvalue weighted by atomic mass is 15.3. The van der Waals surface area contributed by atoms with Crippen LogP contribution in [0.3, 0.4) is 0 Å². The third-order valence-electron chi connectivity index (χ3n) is 2.96. The summed E-state index contributed by atoms with van der Waals surface area (Å²) in [5, 5.41) is 7.78. The molecule has 2 heterocycles. The fraction of sp³-hybridized carbons (Fsp3) is 0.429. The van der Waals surface area contributed by atoms with E-state index in [2.05, 4.69) is 34.5 Å². The maximum atomic E-state index is 4.62. The average molecular weight is 244 g/mol. The maximum Gasteiger partial charge on any atom is 0.0921 e. The second-order valence-electron chi connectivity index (χ2n) is 4.47. The summed E-state index contributed by atoms with van der Waals surface area (Å²) in [6.45, 7) is 5.14. The fourth-order valence-electron chi connectivity index (χ4n) is 2.04. The zero-order chi connectivity index (χ0) is 13.0. The van der Waals surface area contributed by atoms with Crippen molar-refractivity contribution in [2.75, 3.05) is 6.54 Å². The van der Waals surface area contributed by atoms with E-state index in [1.54, 1.807) is 0 Å². The Morgan fingerprint density at radius 2 is 2.17 bits per heavy atom. The zero-order valence-corrected chi connectivity index (χ0v) is 11.2. The summed E-state index contributed by atoms with van der Waals surface area (Å²) in [6, 6.07) is 8.28. The van der Waals surface area contributed by atoms with E-state index in [4.69, 9.17) is 0 Å². The smallest absolute Gasteiger partial charge is 0.0921 e. The van der Waals surface area contributed by atoms with Gasteiger partial charge in [-0.25, -0.2) is 0 Å². The number of rotatable bonds is 5. The molecule has 4 heteroatoms. The predicted molar refractivity (Wildman–Crippen MR) is 72.3 cm³/mol. The van der Waals surface area contributed by atoms with Crippen molar-refractivity contribution in [2.24, 2.45) is 7.05 Å². The topological polar surface area (TPSA) is 42.7 Å². The molecule has 2 aromatic heterocycles. The summed E-state index contributed by atoms with van der Waals surface area (Å²) < 4.78 is 1.90. The van der Waals surface area contributed by atoms with Gasteiger partial charge >= 0.3 is 0 Å². The van der Waals surface area contributed by atoms with E-state index >= 15 is 0 Å². The molecule has 96 valence electrons. The van der Waals surface area contributed by atoms with E-state index in [1.807, 2.05) is 37.0 Å². The van der Waals surface area contributed by atoms with Crippen molar-refractivity contribution in [3.8, 4) is 0 Å². The zero-order valence-electron chi connectivity index (χ0n) is 11.2. The van der Waals surface area contributed by atoms with Gasteiger partial charge in [0.05, 0.1) is 17.4 Å². The molecule has 0 aliphatic heterocycles. The van der Waals surface area contributed by atoms with Gasteiger partial charge in [-0.1, -0.05) is 13.0 Å². The first-order valence-electron chi connectivity index (χ1n) is 6.37. The van der Waals surface area contributed by atoms with Crippen LogP contribution in [0.5, 0.6) is 0 Å². The maximum absolute atomic E-state index is 4.62. The molecule has 0 aromatic carbocycles. The summed E-state index contributed by atoms with van der Waals surface area (Å²) in [5.41, 5.74) is 3.23. The molecular weight excluding hydrogens is 224 g/mol. The highest BCUT2D eigenvalue weighted by molar-refractivity contribution is 5.23. The molecule has 1 N–H and O–H groups in total. The van der Waals surface area contributed by atoms with Gasteiger partial charge in [-0.05, 0) is 38.1 Å². The van der Waals surface area contributed by atoms with Crippen molar-refractivity contribution in [1.29, 1.82) is 0 Å². The molecule has 4 nitrogen and oxygen atoms in total. The molecule has 0 fully saturated rings. The molecule has 0 aliphatic carbocycles. The predicted octanol–water partition coefficient (Wildman–Crippen LogP) is 2.21. The van der Waals surface area contributed by atoms with Crippen LogP contribution < -0.4 is 5.32 Å². The lowest BCUT2D eigenvalue weighted by atomic mass is 10.1. The van der Waals surface area contributed by atoms with Gasteiger partial charge in [-0.2, -0.15) is 5.10 Å². The highest BCUT2D eigenvalue weighted by Gasteiger charge is 2.17. The minimum Gasteiger partial charge on any atom is -0.304 e. The van der Waals surface area contributed by atoms with Crippen molar-refractivity contribution < 1.29 is 0 Å². The normalized spacial score (nSPS) is 12.6. The molecule has 2 aromatic rings. The van der Waals surface area contributed by atoms with Crippen LogP contribution in [-0.2, 0) is 7.05 Å². The molecule has 0 saturated heterocycles. The highest BCUT2D eigenvalue weighted by Crippen LogP contribution is 2.19. The molecule has 18 heavy (non-hydrogen) atoms. The Balaban J connectivity index is 2.33.